The van der Waals surface area contributed by atoms with Crippen LogP contribution in [0.3, 0.4) is 0 Å². The quantitative estimate of drug-likeness (QED) is 0.681. The minimum absolute atomic E-state index is 0.329. The van der Waals surface area contributed by atoms with Crippen LogP contribution in [0.25, 0.3) is 16.7 Å². The van der Waals surface area contributed by atoms with Crippen LogP contribution in [-0.4, -0.2) is 32.4 Å². The Morgan fingerprint density at radius 1 is 1.27 bits per heavy atom. The molecule has 0 saturated heterocycles. The molecule has 0 spiro atoms. The molecule has 0 N–H and O–H groups in total. The van der Waals surface area contributed by atoms with Gasteiger partial charge in [-0.05, 0) is 19.1 Å². The van der Waals surface area contributed by atoms with E-state index in [1.807, 2.05) is 30.3 Å². The standard InChI is InChI=1S/C15H14N4O3/c1-10(15(21)22-2)18-9-16-13-12(14(18)20)8-17-19(13)11-6-4-3-5-7-11/h3-10H,1-2H3/t10-/m0/s1. The van der Waals surface area contributed by atoms with Crippen LogP contribution in [0.2, 0.25) is 0 Å². The second-order valence-corrected chi connectivity index (χ2v) is 4.79. The van der Waals surface area contributed by atoms with E-state index in [1.54, 1.807) is 11.6 Å². The van der Waals surface area contributed by atoms with Crippen LogP contribution in [0.15, 0.2) is 47.7 Å². The van der Waals surface area contributed by atoms with Crippen molar-refractivity contribution in [3.8, 4) is 5.69 Å². The first-order valence-corrected chi connectivity index (χ1v) is 6.71. The highest BCUT2D eigenvalue weighted by molar-refractivity contribution is 5.77. The van der Waals surface area contributed by atoms with E-state index in [2.05, 4.69) is 14.8 Å². The number of ether oxygens (including phenoxy) is 1. The number of hydrogen-bond acceptors (Lipinski definition) is 5. The molecule has 112 valence electrons. The zero-order valence-corrected chi connectivity index (χ0v) is 12.1. The molecule has 1 atom stereocenters. The normalized spacial score (nSPS) is 12.3. The topological polar surface area (TPSA) is 79.0 Å². The summed E-state index contributed by atoms with van der Waals surface area (Å²) < 4.78 is 7.49. The van der Waals surface area contributed by atoms with Crippen LogP contribution in [0.1, 0.15) is 13.0 Å². The Hall–Kier alpha value is -2.96. The largest absolute Gasteiger partial charge is 0.467 e. The Morgan fingerprint density at radius 2 is 2.00 bits per heavy atom. The molecule has 0 unspecified atom stereocenters. The first-order chi connectivity index (χ1) is 10.6. The number of rotatable bonds is 3. The van der Waals surface area contributed by atoms with Crippen molar-refractivity contribution in [2.24, 2.45) is 0 Å². The van der Waals surface area contributed by atoms with Gasteiger partial charge in [0.05, 0.1) is 19.0 Å². The number of benzene rings is 1. The van der Waals surface area contributed by atoms with Crippen molar-refractivity contribution in [3.05, 3.63) is 53.2 Å². The molecule has 7 nitrogen and oxygen atoms in total. The Kier molecular flexibility index (Phi) is 3.46. The van der Waals surface area contributed by atoms with E-state index in [0.29, 0.717) is 11.0 Å². The maximum atomic E-state index is 12.5. The number of fused-ring (bicyclic) bond motifs is 1. The van der Waals surface area contributed by atoms with Gasteiger partial charge in [0.2, 0.25) is 0 Å². The summed E-state index contributed by atoms with van der Waals surface area (Å²) in [6, 6.07) is 8.66. The Balaban J connectivity index is 2.15. The maximum absolute atomic E-state index is 12.5. The lowest BCUT2D eigenvalue weighted by Gasteiger charge is -2.12. The minimum Gasteiger partial charge on any atom is -0.467 e. The Bertz CT molecular complexity index is 883. The van der Waals surface area contributed by atoms with Crippen molar-refractivity contribution in [1.82, 2.24) is 19.3 Å². The van der Waals surface area contributed by atoms with Crippen molar-refractivity contribution in [3.63, 3.8) is 0 Å². The molecule has 0 aliphatic heterocycles. The van der Waals surface area contributed by atoms with Gasteiger partial charge in [-0.3, -0.25) is 9.36 Å². The van der Waals surface area contributed by atoms with Crippen molar-refractivity contribution in [1.29, 1.82) is 0 Å². The molecule has 0 bridgehead atoms. The predicted octanol–water partition coefficient (Wildman–Crippen LogP) is 1.32. The number of hydrogen-bond donors (Lipinski definition) is 0. The third-order valence-electron chi connectivity index (χ3n) is 3.47. The molecule has 0 aliphatic rings. The molecular weight excluding hydrogens is 284 g/mol. The number of carbonyl (C=O) groups excluding carboxylic acids is 1. The maximum Gasteiger partial charge on any atom is 0.328 e. The van der Waals surface area contributed by atoms with Crippen LogP contribution in [0.4, 0.5) is 0 Å². The molecule has 1 aromatic carbocycles. The summed E-state index contributed by atoms with van der Waals surface area (Å²) in [7, 11) is 1.28. The molecule has 2 heterocycles. The van der Waals surface area contributed by atoms with Gasteiger partial charge in [0.1, 0.15) is 17.8 Å². The van der Waals surface area contributed by atoms with Gasteiger partial charge in [-0.15, -0.1) is 0 Å². The fourth-order valence-corrected chi connectivity index (χ4v) is 2.24. The van der Waals surface area contributed by atoms with Gasteiger partial charge in [-0.2, -0.15) is 5.10 Å². The molecule has 22 heavy (non-hydrogen) atoms. The monoisotopic (exact) mass is 298 g/mol. The summed E-state index contributed by atoms with van der Waals surface area (Å²) in [5.74, 6) is -0.501. The van der Waals surface area contributed by atoms with Gasteiger partial charge in [0.15, 0.2) is 5.65 Å². The van der Waals surface area contributed by atoms with Gasteiger partial charge >= 0.3 is 5.97 Å². The SMILES string of the molecule is COC(=O)[C@H](C)n1cnc2c(cnn2-c2ccccc2)c1=O. The van der Waals surface area contributed by atoms with Crippen LogP contribution in [-0.2, 0) is 9.53 Å². The van der Waals surface area contributed by atoms with Gasteiger partial charge in [0, 0.05) is 0 Å². The summed E-state index contributed by atoms with van der Waals surface area (Å²) in [6.45, 7) is 1.59. The van der Waals surface area contributed by atoms with Crippen LogP contribution < -0.4 is 5.56 Å². The zero-order chi connectivity index (χ0) is 15.7. The average Bonchev–Trinajstić information content (AvgIpc) is 2.99. The van der Waals surface area contributed by atoms with Crippen LogP contribution in [0.5, 0.6) is 0 Å². The summed E-state index contributed by atoms with van der Waals surface area (Å²) in [5.41, 5.74) is 0.928. The lowest BCUT2D eigenvalue weighted by molar-refractivity contribution is -0.144. The number of methoxy groups -OCH3 is 1. The molecular formula is C15H14N4O3. The zero-order valence-electron chi connectivity index (χ0n) is 12.1. The predicted molar refractivity (Wildman–Crippen MR) is 79.9 cm³/mol. The lowest BCUT2D eigenvalue weighted by Crippen LogP contribution is -2.29. The number of aromatic nitrogens is 4. The van der Waals surface area contributed by atoms with Crippen molar-refractivity contribution in [2.45, 2.75) is 13.0 Å². The molecule has 0 radical (unpaired) electrons. The van der Waals surface area contributed by atoms with Crippen molar-refractivity contribution >= 4 is 17.0 Å². The summed E-state index contributed by atoms with van der Waals surface area (Å²) in [6.07, 6.45) is 2.80. The average molecular weight is 298 g/mol. The second-order valence-electron chi connectivity index (χ2n) is 4.79. The van der Waals surface area contributed by atoms with Gasteiger partial charge in [0.25, 0.3) is 5.56 Å². The fraction of sp³-hybridized carbons (Fsp3) is 0.200. The Morgan fingerprint density at radius 3 is 2.68 bits per heavy atom. The van der Waals surface area contributed by atoms with Gasteiger partial charge in [-0.1, -0.05) is 18.2 Å². The number of esters is 1. The third kappa shape index (κ3) is 2.16. The molecule has 0 saturated carbocycles. The molecule has 3 aromatic rings. The van der Waals surface area contributed by atoms with E-state index in [4.69, 9.17) is 0 Å². The third-order valence-corrected chi connectivity index (χ3v) is 3.47. The second kappa shape index (κ2) is 5.44. The molecule has 7 heteroatoms. The lowest BCUT2D eigenvalue weighted by atomic mass is 10.3. The summed E-state index contributed by atoms with van der Waals surface area (Å²) in [4.78, 5) is 28.4. The van der Waals surface area contributed by atoms with Crippen molar-refractivity contribution in [2.75, 3.05) is 7.11 Å². The highest BCUT2D eigenvalue weighted by atomic mass is 16.5. The number of para-hydroxylation sites is 1. The first-order valence-electron chi connectivity index (χ1n) is 6.71. The van der Waals surface area contributed by atoms with Crippen LogP contribution in [0, 0.1) is 0 Å². The van der Waals surface area contributed by atoms with E-state index in [1.165, 1.54) is 24.2 Å². The Labute approximate surface area is 125 Å². The van der Waals surface area contributed by atoms with Gasteiger partial charge < -0.3 is 4.74 Å². The van der Waals surface area contributed by atoms with Crippen LogP contribution >= 0.6 is 0 Å². The number of nitrogens with zero attached hydrogens (tertiary/aromatic N) is 4. The molecule has 0 aliphatic carbocycles. The molecule has 0 fully saturated rings. The molecule has 2 aromatic heterocycles. The molecule has 3 rings (SSSR count). The summed E-state index contributed by atoms with van der Waals surface area (Å²) in [5, 5.41) is 4.57. The number of carbonyl (C=O) groups is 1. The highest BCUT2D eigenvalue weighted by Crippen LogP contribution is 2.14. The smallest absolute Gasteiger partial charge is 0.328 e. The van der Waals surface area contributed by atoms with Gasteiger partial charge in [-0.25, -0.2) is 14.5 Å². The minimum atomic E-state index is -0.741. The summed E-state index contributed by atoms with van der Waals surface area (Å²) >= 11 is 0. The van der Waals surface area contributed by atoms with Crippen molar-refractivity contribution < 1.29 is 9.53 Å². The van der Waals surface area contributed by atoms with E-state index >= 15 is 0 Å². The first kappa shape index (κ1) is 14.0. The highest BCUT2D eigenvalue weighted by Gasteiger charge is 2.19. The van der Waals surface area contributed by atoms with E-state index in [9.17, 15) is 9.59 Å². The van der Waals surface area contributed by atoms with E-state index in [-0.39, 0.29) is 5.56 Å². The van der Waals surface area contributed by atoms with E-state index in [0.717, 1.165) is 5.69 Å². The van der Waals surface area contributed by atoms with E-state index < -0.39 is 12.0 Å². The molecule has 0 amide bonds. The fourth-order valence-electron chi connectivity index (χ4n) is 2.24.